The summed E-state index contributed by atoms with van der Waals surface area (Å²) in [5.74, 6) is 0. The zero-order chi connectivity index (χ0) is 14.4. The van der Waals surface area contributed by atoms with Gasteiger partial charge in [0, 0.05) is 17.1 Å². The summed E-state index contributed by atoms with van der Waals surface area (Å²) < 4.78 is 5.21. The number of nitrogens with two attached hydrogens (primary N) is 1. The van der Waals surface area contributed by atoms with Crippen molar-refractivity contribution in [1.29, 1.82) is 0 Å². The highest BCUT2D eigenvalue weighted by Gasteiger charge is 2.04. The second-order valence-electron chi connectivity index (χ2n) is 5.36. The van der Waals surface area contributed by atoms with Gasteiger partial charge in [-0.3, -0.25) is 0 Å². The predicted octanol–water partition coefficient (Wildman–Crippen LogP) is 4.28. The first-order chi connectivity index (χ1) is 9.70. The first kappa shape index (κ1) is 14.6. The summed E-state index contributed by atoms with van der Waals surface area (Å²) in [6, 6.07) is 6.99. The molecule has 1 heterocycles. The van der Waals surface area contributed by atoms with Gasteiger partial charge in [-0.25, -0.2) is 4.79 Å². The maximum Gasteiger partial charge on any atom is 0.336 e. The number of benzene rings is 1. The van der Waals surface area contributed by atoms with Crippen LogP contribution in [0, 0.1) is 0 Å². The third kappa shape index (κ3) is 3.86. The lowest BCUT2D eigenvalue weighted by molar-refractivity contribution is 0.560. The van der Waals surface area contributed by atoms with Crippen LogP contribution >= 0.6 is 0 Å². The third-order valence-electron chi connectivity index (χ3n) is 3.68. The largest absolute Gasteiger partial charge is 0.423 e. The number of aryl methyl sites for hydroxylation is 1. The van der Waals surface area contributed by atoms with Crippen molar-refractivity contribution in [2.24, 2.45) is 0 Å². The van der Waals surface area contributed by atoms with Gasteiger partial charge < -0.3 is 10.2 Å². The maximum absolute atomic E-state index is 11.2. The van der Waals surface area contributed by atoms with Gasteiger partial charge in [-0.1, -0.05) is 39.0 Å². The fourth-order valence-electron chi connectivity index (χ4n) is 2.49. The summed E-state index contributed by atoms with van der Waals surface area (Å²) in [5.41, 5.74) is 8.26. The minimum Gasteiger partial charge on any atom is -0.423 e. The Kier molecular flexibility index (Phi) is 5.22. The van der Waals surface area contributed by atoms with E-state index in [1.54, 1.807) is 6.07 Å². The molecular weight excluding hydrogens is 250 g/mol. The molecule has 0 radical (unpaired) electrons. The number of rotatable bonds is 7. The van der Waals surface area contributed by atoms with Crippen LogP contribution in [0.15, 0.2) is 33.5 Å². The minimum atomic E-state index is -0.312. The Bertz CT molecular complexity index is 616. The van der Waals surface area contributed by atoms with Crippen LogP contribution < -0.4 is 11.4 Å². The van der Waals surface area contributed by atoms with Crippen molar-refractivity contribution in [1.82, 2.24) is 0 Å². The Morgan fingerprint density at radius 2 is 1.80 bits per heavy atom. The molecular formula is C17H23NO2. The fraction of sp³-hybridized carbons (Fsp3) is 0.471. The molecule has 0 aliphatic rings. The van der Waals surface area contributed by atoms with E-state index in [-0.39, 0.29) is 5.63 Å². The second kappa shape index (κ2) is 7.13. The van der Waals surface area contributed by atoms with Gasteiger partial charge in [-0.2, -0.15) is 0 Å². The van der Waals surface area contributed by atoms with Gasteiger partial charge in [-0.15, -0.1) is 0 Å². The summed E-state index contributed by atoms with van der Waals surface area (Å²) in [6.45, 7) is 2.23. The molecule has 0 spiro atoms. The Morgan fingerprint density at radius 3 is 2.60 bits per heavy atom. The van der Waals surface area contributed by atoms with Gasteiger partial charge in [0.2, 0.25) is 0 Å². The van der Waals surface area contributed by atoms with Crippen LogP contribution in [-0.2, 0) is 6.42 Å². The van der Waals surface area contributed by atoms with E-state index < -0.39 is 0 Å². The number of hydrogen-bond acceptors (Lipinski definition) is 3. The maximum atomic E-state index is 11.2. The van der Waals surface area contributed by atoms with Crippen LogP contribution in [0.4, 0.5) is 5.69 Å². The molecule has 0 amide bonds. The summed E-state index contributed by atoms with van der Waals surface area (Å²) in [5, 5.41) is 0.883. The highest BCUT2D eigenvalue weighted by Crippen LogP contribution is 2.22. The van der Waals surface area contributed by atoms with Crippen molar-refractivity contribution in [3.8, 4) is 0 Å². The SMILES string of the molecule is CCCCCCCCc1cc2oc(=O)ccc2cc1N. The quantitative estimate of drug-likeness (QED) is 0.465. The third-order valence-corrected chi connectivity index (χ3v) is 3.68. The molecule has 0 aliphatic carbocycles. The molecule has 108 valence electrons. The van der Waals surface area contributed by atoms with E-state index >= 15 is 0 Å². The van der Waals surface area contributed by atoms with E-state index in [1.807, 2.05) is 12.1 Å². The van der Waals surface area contributed by atoms with Gasteiger partial charge >= 0.3 is 5.63 Å². The highest BCUT2D eigenvalue weighted by atomic mass is 16.4. The molecule has 2 N–H and O–H groups in total. The summed E-state index contributed by atoms with van der Waals surface area (Å²) in [4.78, 5) is 11.2. The van der Waals surface area contributed by atoms with Gasteiger partial charge in [0.25, 0.3) is 0 Å². The average Bonchev–Trinajstić information content (AvgIpc) is 2.43. The lowest BCUT2D eigenvalue weighted by Crippen LogP contribution is -1.98. The number of fused-ring (bicyclic) bond motifs is 1. The van der Waals surface area contributed by atoms with Crippen molar-refractivity contribution in [2.75, 3.05) is 5.73 Å². The van der Waals surface area contributed by atoms with E-state index in [1.165, 1.54) is 38.2 Å². The van der Waals surface area contributed by atoms with Crippen LogP contribution in [0.1, 0.15) is 51.0 Å². The molecule has 0 atom stereocenters. The average molecular weight is 273 g/mol. The molecule has 1 aromatic heterocycles. The van der Waals surface area contributed by atoms with Gasteiger partial charge in [0.05, 0.1) is 0 Å². The topological polar surface area (TPSA) is 56.2 Å². The van der Waals surface area contributed by atoms with Gasteiger partial charge in [0.1, 0.15) is 5.58 Å². The zero-order valence-electron chi connectivity index (χ0n) is 12.2. The second-order valence-corrected chi connectivity index (χ2v) is 5.36. The molecule has 0 bridgehead atoms. The predicted molar refractivity (Wildman–Crippen MR) is 84.0 cm³/mol. The van der Waals surface area contributed by atoms with E-state index in [0.29, 0.717) is 5.58 Å². The summed E-state index contributed by atoms with van der Waals surface area (Å²) in [7, 11) is 0. The molecule has 0 saturated heterocycles. The lowest BCUT2D eigenvalue weighted by Gasteiger charge is -2.07. The Hall–Kier alpha value is -1.77. The van der Waals surface area contributed by atoms with E-state index in [0.717, 1.165) is 29.5 Å². The smallest absolute Gasteiger partial charge is 0.336 e. The van der Waals surface area contributed by atoms with Crippen molar-refractivity contribution in [2.45, 2.75) is 51.9 Å². The molecule has 0 aliphatic heterocycles. The van der Waals surface area contributed by atoms with E-state index in [9.17, 15) is 4.79 Å². The number of hydrogen-bond donors (Lipinski definition) is 1. The summed E-state index contributed by atoms with van der Waals surface area (Å²) in [6.07, 6.45) is 8.52. The monoisotopic (exact) mass is 273 g/mol. The Balaban J connectivity index is 1.99. The minimum absolute atomic E-state index is 0.312. The Morgan fingerprint density at radius 1 is 1.05 bits per heavy atom. The molecule has 0 saturated carbocycles. The van der Waals surface area contributed by atoms with Crippen molar-refractivity contribution in [3.63, 3.8) is 0 Å². The van der Waals surface area contributed by atoms with Crippen molar-refractivity contribution < 1.29 is 4.42 Å². The molecule has 0 fully saturated rings. The molecule has 3 heteroatoms. The molecule has 3 nitrogen and oxygen atoms in total. The highest BCUT2D eigenvalue weighted by molar-refractivity contribution is 5.81. The fourth-order valence-corrected chi connectivity index (χ4v) is 2.49. The van der Waals surface area contributed by atoms with Crippen LogP contribution in [0.2, 0.25) is 0 Å². The van der Waals surface area contributed by atoms with Crippen LogP contribution in [0.3, 0.4) is 0 Å². The number of anilines is 1. The first-order valence-corrected chi connectivity index (χ1v) is 7.53. The molecule has 2 rings (SSSR count). The number of unbranched alkanes of at least 4 members (excludes halogenated alkanes) is 5. The first-order valence-electron chi connectivity index (χ1n) is 7.53. The molecule has 0 unspecified atom stereocenters. The normalized spacial score (nSPS) is 11.1. The molecule has 1 aromatic carbocycles. The van der Waals surface area contributed by atoms with Gasteiger partial charge in [-0.05, 0) is 36.6 Å². The van der Waals surface area contributed by atoms with E-state index in [2.05, 4.69) is 6.92 Å². The molecule has 20 heavy (non-hydrogen) atoms. The standard InChI is InChI=1S/C17H23NO2/c1-2-3-4-5-6-7-8-13-12-16-14(11-15(13)18)9-10-17(19)20-16/h9-12H,2-8,18H2,1H3. The van der Waals surface area contributed by atoms with E-state index in [4.69, 9.17) is 10.2 Å². The molecule has 2 aromatic rings. The number of nitrogen functional groups attached to an aromatic ring is 1. The summed E-state index contributed by atoms with van der Waals surface area (Å²) >= 11 is 0. The van der Waals surface area contributed by atoms with Gasteiger partial charge in [0.15, 0.2) is 0 Å². The zero-order valence-corrected chi connectivity index (χ0v) is 12.2. The van der Waals surface area contributed by atoms with Crippen molar-refractivity contribution in [3.05, 3.63) is 40.2 Å². The van der Waals surface area contributed by atoms with Crippen LogP contribution in [0.5, 0.6) is 0 Å². The van der Waals surface area contributed by atoms with Crippen LogP contribution in [0.25, 0.3) is 11.0 Å². The van der Waals surface area contributed by atoms with Crippen LogP contribution in [-0.4, -0.2) is 0 Å². The van der Waals surface area contributed by atoms with Crippen molar-refractivity contribution >= 4 is 16.7 Å². The lowest BCUT2D eigenvalue weighted by atomic mass is 10.0. The Labute approximate surface area is 119 Å².